The molecular formula is C23H22N2O3. The van der Waals surface area contributed by atoms with Gasteiger partial charge in [-0.1, -0.05) is 42.0 Å². The van der Waals surface area contributed by atoms with Crippen LogP contribution in [0.4, 0.5) is 5.69 Å². The zero-order valence-corrected chi connectivity index (χ0v) is 15.9. The number of anilines is 1. The average Bonchev–Trinajstić information content (AvgIpc) is 2.72. The predicted molar refractivity (Wildman–Crippen MR) is 110 cm³/mol. The van der Waals surface area contributed by atoms with E-state index in [2.05, 4.69) is 16.7 Å². The highest BCUT2D eigenvalue weighted by Gasteiger charge is 2.09. The van der Waals surface area contributed by atoms with E-state index >= 15 is 0 Å². The maximum atomic E-state index is 12.6. The van der Waals surface area contributed by atoms with Crippen LogP contribution in [-0.2, 0) is 6.61 Å². The normalized spacial score (nSPS) is 10.2. The number of aryl methyl sites for hydroxylation is 1. The molecule has 0 saturated carbocycles. The van der Waals surface area contributed by atoms with E-state index in [1.807, 2.05) is 31.2 Å². The molecule has 0 atom stereocenters. The van der Waals surface area contributed by atoms with E-state index in [1.165, 1.54) is 5.56 Å². The number of hydrogen-bond donors (Lipinski definition) is 2. The lowest BCUT2D eigenvalue weighted by atomic mass is 10.1. The van der Waals surface area contributed by atoms with Crippen LogP contribution in [0, 0.1) is 6.92 Å². The van der Waals surface area contributed by atoms with Gasteiger partial charge in [-0.2, -0.15) is 0 Å². The molecule has 0 spiro atoms. The first-order chi connectivity index (χ1) is 13.5. The van der Waals surface area contributed by atoms with Crippen LogP contribution in [0.15, 0.2) is 72.8 Å². The highest BCUT2D eigenvalue weighted by molar-refractivity contribution is 6.05. The summed E-state index contributed by atoms with van der Waals surface area (Å²) in [5.74, 6) is 0.144. The van der Waals surface area contributed by atoms with Crippen LogP contribution in [0.25, 0.3) is 0 Å². The molecule has 0 aliphatic heterocycles. The zero-order valence-electron chi connectivity index (χ0n) is 15.9. The van der Waals surface area contributed by atoms with E-state index in [-0.39, 0.29) is 11.8 Å². The first kappa shape index (κ1) is 19.2. The van der Waals surface area contributed by atoms with Crippen LogP contribution in [0.2, 0.25) is 0 Å². The smallest absolute Gasteiger partial charge is 0.255 e. The fourth-order valence-corrected chi connectivity index (χ4v) is 2.78. The summed E-state index contributed by atoms with van der Waals surface area (Å²) in [7, 11) is 1.57. The summed E-state index contributed by atoms with van der Waals surface area (Å²) in [6, 6.07) is 21.9. The van der Waals surface area contributed by atoms with Gasteiger partial charge in [-0.05, 0) is 48.9 Å². The van der Waals surface area contributed by atoms with Gasteiger partial charge in [0.15, 0.2) is 0 Å². The zero-order chi connectivity index (χ0) is 19.9. The van der Waals surface area contributed by atoms with E-state index in [4.69, 9.17) is 4.74 Å². The Bertz CT molecular complexity index is 998. The van der Waals surface area contributed by atoms with Crippen molar-refractivity contribution in [1.29, 1.82) is 0 Å². The maximum Gasteiger partial charge on any atom is 0.255 e. The molecule has 0 saturated heterocycles. The molecule has 2 N–H and O–H groups in total. The third-order valence-corrected chi connectivity index (χ3v) is 4.19. The largest absolute Gasteiger partial charge is 0.489 e. The minimum Gasteiger partial charge on any atom is -0.489 e. The summed E-state index contributed by atoms with van der Waals surface area (Å²) in [5, 5.41) is 5.38. The summed E-state index contributed by atoms with van der Waals surface area (Å²) >= 11 is 0. The number of carbonyl (C=O) groups excluding carboxylic acids is 2. The van der Waals surface area contributed by atoms with Crippen molar-refractivity contribution in [2.24, 2.45) is 0 Å². The second-order valence-electron chi connectivity index (χ2n) is 6.42. The molecule has 2 amide bonds. The van der Waals surface area contributed by atoms with Gasteiger partial charge in [-0.15, -0.1) is 0 Å². The van der Waals surface area contributed by atoms with Gasteiger partial charge >= 0.3 is 0 Å². The fourth-order valence-electron chi connectivity index (χ4n) is 2.78. The molecule has 142 valence electrons. The second-order valence-corrected chi connectivity index (χ2v) is 6.42. The van der Waals surface area contributed by atoms with Crippen LogP contribution in [0.3, 0.4) is 0 Å². The van der Waals surface area contributed by atoms with E-state index in [0.29, 0.717) is 29.2 Å². The number of nitrogens with one attached hydrogen (secondary N) is 2. The van der Waals surface area contributed by atoms with Crippen molar-refractivity contribution in [2.75, 3.05) is 12.4 Å². The highest BCUT2D eigenvalue weighted by atomic mass is 16.5. The number of rotatable bonds is 6. The van der Waals surface area contributed by atoms with Gasteiger partial charge in [0.1, 0.15) is 12.4 Å². The third-order valence-electron chi connectivity index (χ3n) is 4.19. The summed E-state index contributed by atoms with van der Waals surface area (Å²) in [5.41, 5.74) is 3.76. The molecule has 3 rings (SSSR count). The molecule has 0 radical (unpaired) electrons. The Hall–Kier alpha value is -3.60. The van der Waals surface area contributed by atoms with Crippen molar-refractivity contribution >= 4 is 17.5 Å². The van der Waals surface area contributed by atoms with Crippen LogP contribution >= 0.6 is 0 Å². The molecule has 0 fully saturated rings. The Morgan fingerprint density at radius 3 is 2.32 bits per heavy atom. The van der Waals surface area contributed by atoms with Crippen molar-refractivity contribution in [3.8, 4) is 5.75 Å². The number of amides is 2. The van der Waals surface area contributed by atoms with Gasteiger partial charge in [0.25, 0.3) is 11.8 Å². The lowest BCUT2D eigenvalue weighted by molar-refractivity contribution is 0.0961. The molecule has 0 aliphatic carbocycles. The first-order valence-corrected chi connectivity index (χ1v) is 8.97. The van der Waals surface area contributed by atoms with Crippen molar-refractivity contribution in [2.45, 2.75) is 13.5 Å². The summed E-state index contributed by atoms with van der Waals surface area (Å²) in [6.45, 7) is 2.47. The fraction of sp³-hybridized carbons (Fsp3) is 0.130. The van der Waals surface area contributed by atoms with Crippen molar-refractivity contribution in [3.05, 3.63) is 95.1 Å². The Balaban J connectivity index is 1.67. The van der Waals surface area contributed by atoms with Crippen LogP contribution in [0.1, 0.15) is 31.8 Å². The second kappa shape index (κ2) is 8.86. The summed E-state index contributed by atoms with van der Waals surface area (Å²) in [6.07, 6.45) is 0. The standard InChI is InChI=1S/C23H22N2O3/c1-16-6-3-7-17(12-16)15-28-21-11-5-9-19(14-21)23(27)25-20-10-4-8-18(13-20)22(26)24-2/h3-14H,15H2,1-2H3,(H,24,26)(H,25,27). The van der Waals surface area contributed by atoms with Crippen LogP contribution < -0.4 is 15.4 Å². The number of hydrogen-bond acceptors (Lipinski definition) is 3. The molecule has 3 aromatic carbocycles. The molecule has 3 aromatic rings. The molecule has 0 unspecified atom stereocenters. The Morgan fingerprint density at radius 1 is 0.857 bits per heavy atom. The Morgan fingerprint density at radius 2 is 1.57 bits per heavy atom. The number of ether oxygens (including phenoxy) is 1. The third kappa shape index (κ3) is 4.98. The minimum absolute atomic E-state index is 0.206. The molecule has 0 aliphatic rings. The van der Waals surface area contributed by atoms with Gasteiger partial charge in [-0.25, -0.2) is 0 Å². The van der Waals surface area contributed by atoms with Crippen LogP contribution in [0.5, 0.6) is 5.75 Å². The highest BCUT2D eigenvalue weighted by Crippen LogP contribution is 2.18. The van der Waals surface area contributed by atoms with E-state index in [1.54, 1.807) is 49.5 Å². The molecule has 0 aromatic heterocycles. The van der Waals surface area contributed by atoms with E-state index in [9.17, 15) is 9.59 Å². The Kier molecular flexibility index (Phi) is 6.07. The van der Waals surface area contributed by atoms with Crippen LogP contribution in [-0.4, -0.2) is 18.9 Å². The van der Waals surface area contributed by atoms with Gasteiger partial charge < -0.3 is 15.4 Å². The monoisotopic (exact) mass is 374 g/mol. The SMILES string of the molecule is CNC(=O)c1cccc(NC(=O)c2cccc(OCc3cccc(C)c3)c2)c1. The van der Waals surface area contributed by atoms with Crippen molar-refractivity contribution < 1.29 is 14.3 Å². The predicted octanol–water partition coefficient (Wildman–Crippen LogP) is 4.19. The molecular weight excluding hydrogens is 352 g/mol. The quantitative estimate of drug-likeness (QED) is 0.680. The van der Waals surface area contributed by atoms with E-state index in [0.717, 1.165) is 5.56 Å². The molecule has 5 heteroatoms. The topological polar surface area (TPSA) is 67.4 Å². The summed E-state index contributed by atoms with van der Waals surface area (Å²) < 4.78 is 5.82. The molecule has 28 heavy (non-hydrogen) atoms. The Labute approximate surface area is 164 Å². The van der Waals surface area contributed by atoms with Gasteiger partial charge in [-0.3, -0.25) is 9.59 Å². The lowest BCUT2D eigenvalue weighted by Gasteiger charge is -2.10. The average molecular weight is 374 g/mol. The lowest BCUT2D eigenvalue weighted by Crippen LogP contribution is -2.18. The first-order valence-electron chi connectivity index (χ1n) is 8.97. The number of benzene rings is 3. The van der Waals surface area contributed by atoms with Gasteiger partial charge in [0, 0.05) is 23.9 Å². The van der Waals surface area contributed by atoms with Gasteiger partial charge in [0.05, 0.1) is 0 Å². The molecule has 0 bridgehead atoms. The van der Waals surface area contributed by atoms with E-state index < -0.39 is 0 Å². The molecule has 0 heterocycles. The van der Waals surface area contributed by atoms with Crippen molar-refractivity contribution in [1.82, 2.24) is 5.32 Å². The molecule has 5 nitrogen and oxygen atoms in total. The van der Waals surface area contributed by atoms with Crippen molar-refractivity contribution in [3.63, 3.8) is 0 Å². The minimum atomic E-state index is -0.268. The maximum absolute atomic E-state index is 12.6. The summed E-state index contributed by atoms with van der Waals surface area (Å²) in [4.78, 5) is 24.3. The van der Waals surface area contributed by atoms with Gasteiger partial charge in [0.2, 0.25) is 0 Å². The number of carbonyl (C=O) groups is 2.